The molecule has 0 aliphatic rings. The van der Waals surface area contributed by atoms with Crippen molar-refractivity contribution < 1.29 is 19.3 Å². The van der Waals surface area contributed by atoms with Gasteiger partial charge in [0.2, 0.25) is 0 Å². The molecule has 21 heavy (non-hydrogen) atoms. The highest BCUT2D eigenvalue weighted by atomic mass is 16.5. The molecule has 0 radical (unpaired) electrons. The molecule has 0 amide bonds. The predicted octanol–water partition coefficient (Wildman–Crippen LogP) is 3.57. The van der Waals surface area contributed by atoms with Gasteiger partial charge in [0, 0.05) is 23.6 Å². The third kappa shape index (κ3) is 3.05. The second-order valence-electron chi connectivity index (χ2n) is 4.76. The lowest BCUT2D eigenvalue weighted by Gasteiger charge is -2.20. The van der Waals surface area contributed by atoms with Crippen molar-refractivity contribution in [3.8, 4) is 23.0 Å². The smallest absolute Gasteiger partial charge is 0.130 e. The quantitative estimate of drug-likeness (QED) is 0.913. The van der Waals surface area contributed by atoms with Crippen LogP contribution in [0.15, 0.2) is 36.4 Å². The molecule has 0 heterocycles. The monoisotopic (exact) mass is 288 g/mol. The molecule has 112 valence electrons. The van der Waals surface area contributed by atoms with Crippen LogP contribution in [0.4, 0.5) is 0 Å². The summed E-state index contributed by atoms with van der Waals surface area (Å²) in [5, 5.41) is 9.41. The minimum absolute atomic E-state index is 0.0569. The fourth-order valence-corrected chi connectivity index (χ4v) is 2.39. The Hall–Kier alpha value is -2.36. The van der Waals surface area contributed by atoms with Crippen LogP contribution in [0.25, 0.3) is 0 Å². The van der Waals surface area contributed by atoms with Crippen LogP contribution in [0.5, 0.6) is 23.0 Å². The Labute approximate surface area is 124 Å². The second kappa shape index (κ2) is 6.39. The summed E-state index contributed by atoms with van der Waals surface area (Å²) in [6.07, 6.45) is 0. The molecular weight excluding hydrogens is 268 g/mol. The van der Waals surface area contributed by atoms with Crippen LogP contribution in [-0.4, -0.2) is 26.4 Å². The first-order chi connectivity index (χ1) is 10.1. The van der Waals surface area contributed by atoms with Crippen molar-refractivity contribution in [3.63, 3.8) is 0 Å². The first-order valence-electron chi connectivity index (χ1n) is 6.69. The third-order valence-electron chi connectivity index (χ3n) is 3.58. The fraction of sp³-hybridized carbons (Fsp3) is 0.294. The number of hydrogen-bond donors (Lipinski definition) is 1. The van der Waals surface area contributed by atoms with Gasteiger partial charge in [-0.25, -0.2) is 0 Å². The molecule has 4 nitrogen and oxygen atoms in total. The summed E-state index contributed by atoms with van der Waals surface area (Å²) in [4.78, 5) is 0. The van der Waals surface area contributed by atoms with Gasteiger partial charge in [-0.3, -0.25) is 0 Å². The zero-order chi connectivity index (χ0) is 15.4. The van der Waals surface area contributed by atoms with Gasteiger partial charge in [-0.05, 0) is 17.7 Å². The Kier molecular flexibility index (Phi) is 4.58. The summed E-state index contributed by atoms with van der Waals surface area (Å²) < 4.78 is 16.2. The molecule has 0 aromatic heterocycles. The van der Waals surface area contributed by atoms with E-state index in [4.69, 9.17) is 14.2 Å². The second-order valence-corrected chi connectivity index (χ2v) is 4.76. The molecule has 0 aliphatic carbocycles. The summed E-state index contributed by atoms with van der Waals surface area (Å²) >= 11 is 0. The number of methoxy groups -OCH3 is 3. The van der Waals surface area contributed by atoms with Gasteiger partial charge >= 0.3 is 0 Å². The molecule has 2 aromatic carbocycles. The van der Waals surface area contributed by atoms with E-state index < -0.39 is 0 Å². The molecule has 0 bridgehead atoms. The van der Waals surface area contributed by atoms with Gasteiger partial charge in [-0.15, -0.1) is 0 Å². The predicted molar refractivity (Wildman–Crippen MR) is 81.7 cm³/mol. The van der Waals surface area contributed by atoms with Crippen LogP contribution in [0.3, 0.4) is 0 Å². The molecule has 1 atom stereocenters. The molecule has 1 N–H and O–H groups in total. The number of ether oxygens (including phenoxy) is 3. The molecule has 2 rings (SSSR count). The number of phenols is 1. The summed E-state index contributed by atoms with van der Waals surface area (Å²) in [7, 11) is 4.86. The van der Waals surface area contributed by atoms with Crippen molar-refractivity contribution in [1.29, 1.82) is 0 Å². The van der Waals surface area contributed by atoms with Gasteiger partial charge in [0.15, 0.2) is 0 Å². The number of rotatable bonds is 5. The normalized spacial score (nSPS) is 11.8. The lowest BCUT2D eigenvalue weighted by molar-refractivity contribution is 0.367. The number of phenolic OH excluding ortho intramolecular Hbond substituents is 1. The van der Waals surface area contributed by atoms with E-state index in [1.807, 2.05) is 24.3 Å². The van der Waals surface area contributed by atoms with Crippen LogP contribution < -0.4 is 14.2 Å². The number of benzene rings is 2. The molecule has 0 aliphatic heterocycles. The summed E-state index contributed by atoms with van der Waals surface area (Å²) in [5.74, 6) is 2.42. The number of aromatic hydroxyl groups is 1. The van der Waals surface area contributed by atoms with E-state index in [9.17, 15) is 5.11 Å². The van der Waals surface area contributed by atoms with E-state index in [0.29, 0.717) is 17.2 Å². The van der Waals surface area contributed by atoms with Crippen LogP contribution >= 0.6 is 0 Å². The summed E-state index contributed by atoms with van der Waals surface area (Å²) in [6, 6.07) is 10.8. The first kappa shape index (κ1) is 15.0. The maximum Gasteiger partial charge on any atom is 0.130 e. The van der Waals surface area contributed by atoms with Crippen molar-refractivity contribution in [2.45, 2.75) is 12.8 Å². The maximum absolute atomic E-state index is 9.41. The van der Waals surface area contributed by atoms with Crippen molar-refractivity contribution in [1.82, 2.24) is 0 Å². The Bertz CT molecular complexity index is 580. The molecule has 0 fully saturated rings. The van der Waals surface area contributed by atoms with Crippen LogP contribution in [0.2, 0.25) is 0 Å². The van der Waals surface area contributed by atoms with Crippen LogP contribution in [0, 0.1) is 0 Å². The van der Waals surface area contributed by atoms with E-state index in [1.165, 1.54) is 0 Å². The van der Waals surface area contributed by atoms with Gasteiger partial charge in [-0.1, -0.05) is 19.1 Å². The molecule has 0 saturated heterocycles. The van der Waals surface area contributed by atoms with Crippen molar-refractivity contribution in [2.75, 3.05) is 21.3 Å². The Balaban J connectivity index is 2.52. The maximum atomic E-state index is 9.41. The van der Waals surface area contributed by atoms with Crippen molar-refractivity contribution in [3.05, 3.63) is 47.5 Å². The highest BCUT2D eigenvalue weighted by Gasteiger charge is 2.20. The number of hydrogen-bond acceptors (Lipinski definition) is 4. The fourth-order valence-electron chi connectivity index (χ4n) is 2.39. The molecule has 2 aromatic rings. The topological polar surface area (TPSA) is 47.9 Å². The summed E-state index contributed by atoms with van der Waals surface area (Å²) in [5.41, 5.74) is 2.01. The molecule has 0 saturated carbocycles. The van der Waals surface area contributed by atoms with Gasteiger partial charge in [-0.2, -0.15) is 0 Å². The van der Waals surface area contributed by atoms with Crippen LogP contribution in [-0.2, 0) is 0 Å². The summed E-state index contributed by atoms with van der Waals surface area (Å²) in [6.45, 7) is 2.07. The van der Waals surface area contributed by atoms with Crippen LogP contribution in [0.1, 0.15) is 24.0 Å². The van der Waals surface area contributed by atoms with E-state index >= 15 is 0 Å². The van der Waals surface area contributed by atoms with E-state index in [1.54, 1.807) is 33.5 Å². The van der Waals surface area contributed by atoms with Crippen molar-refractivity contribution >= 4 is 0 Å². The first-order valence-corrected chi connectivity index (χ1v) is 6.69. The minimum Gasteiger partial charge on any atom is -0.508 e. The average Bonchev–Trinajstić information content (AvgIpc) is 2.53. The standard InChI is InChI=1S/C17H20O4/c1-11(12-5-7-13(18)8-6-12)17-15(20-3)9-14(19-2)10-16(17)21-4/h5-11,18H,1-4H3. The molecule has 1 unspecified atom stereocenters. The highest BCUT2D eigenvalue weighted by molar-refractivity contribution is 5.55. The zero-order valence-corrected chi connectivity index (χ0v) is 12.7. The Morgan fingerprint density at radius 1 is 0.857 bits per heavy atom. The minimum atomic E-state index is 0.0569. The average molecular weight is 288 g/mol. The van der Waals surface area contributed by atoms with Gasteiger partial charge in [0.05, 0.1) is 21.3 Å². The van der Waals surface area contributed by atoms with E-state index in [0.717, 1.165) is 11.1 Å². The van der Waals surface area contributed by atoms with Gasteiger partial charge in [0.25, 0.3) is 0 Å². The Morgan fingerprint density at radius 2 is 1.38 bits per heavy atom. The van der Waals surface area contributed by atoms with Gasteiger partial charge in [0.1, 0.15) is 23.0 Å². The van der Waals surface area contributed by atoms with Gasteiger partial charge < -0.3 is 19.3 Å². The van der Waals surface area contributed by atoms with Crippen molar-refractivity contribution in [2.24, 2.45) is 0 Å². The zero-order valence-electron chi connectivity index (χ0n) is 12.7. The van der Waals surface area contributed by atoms with E-state index in [2.05, 4.69) is 6.92 Å². The lowest BCUT2D eigenvalue weighted by atomic mass is 9.91. The van der Waals surface area contributed by atoms with E-state index in [-0.39, 0.29) is 11.7 Å². The molecule has 4 heteroatoms. The Morgan fingerprint density at radius 3 is 1.81 bits per heavy atom. The molecule has 0 spiro atoms. The largest absolute Gasteiger partial charge is 0.508 e. The third-order valence-corrected chi connectivity index (χ3v) is 3.58. The lowest BCUT2D eigenvalue weighted by Crippen LogP contribution is -2.03. The SMILES string of the molecule is COc1cc(OC)c(C(C)c2ccc(O)cc2)c(OC)c1. The highest BCUT2D eigenvalue weighted by Crippen LogP contribution is 2.41. The molecular formula is C17H20O4.